The maximum atomic E-state index is 5.77. The molecule has 0 radical (unpaired) electrons. The van der Waals surface area contributed by atoms with Crippen molar-refractivity contribution in [1.29, 1.82) is 0 Å². The number of benzene rings is 1. The molecule has 2 nitrogen and oxygen atoms in total. The quantitative estimate of drug-likeness (QED) is 0.883. The van der Waals surface area contributed by atoms with Crippen molar-refractivity contribution in [3.05, 3.63) is 34.6 Å². The van der Waals surface area contributed by atoms with E-state index >= 15 is 0 Å². The highest BCUT2D eigenvalue weighted by Gasteiger charge is 2.12. The van der Waals surface area contributed by atoms with E-state index in [0.717, 1.165) is 18.5 Å². The number of fused-ring (bicyclic) bond motifs is 1. The van der Waals surface area contributed by atoms with Gasteiger partial charge in [-0.25, -0.2) is 0 Å². The van der Waals surface area contributed by atoms with Crippen molar-refractivity contribution >= 4 is 11.0 Å². The van der Waals surface area contributed by atoms with Gasteiger partial charge in [0.15, 0.2) is 0 Å². The minimum atomic E-state index is 0.535. The number of nitrogens with one attached hydrogen (secondary N) is 1. The molecule has 18 heavy (non-hydrogen) atoms. The third kappa shape index (κ3) is 2.44. The zero-order valence-electron chi connectivity index (χ0n) is 12.1. The molecule has 0 saturated heterocycles. The predicted octanol–water partition coefficient (Wildman–Crippen LogP) is 3.90. The summed E-state index contributed by atoms with van der Waals surface area (Å²) in [7, 11) is 0. The van der Waals surface area contributed by atoms with Crippen molar-refractivity contribution in [1.82, 2.24) is 5.32 Å². The molecular weight excluding hydrogens is 222 g/mol. The van der Waals surface area contributed by atoms with Crippen molar-refractivity contribution in [2.75, 3.05) is 6.54 Å². The Kier molecular flexibility index (Phi) is 3.76. The Morgan fingerprint density at radius 3 is 2.56 bits per heavy atom. The van der Waals surface area contributed by atoms with E-state index in [2.05, 4.69) is 46.0 Å². The van der Waals surface area contributed by atoms with E-state index in [9.17, 15) is 0 Å². The molecule has 0 spiro atoms. The van der Waals surface area contributed by atoms with Crippen LogP contribution in [0.3, 0.4) is 0 Å². The molecule has 0 aliphatic rings. The lowest BCUT2D eigenvalue weighted by Crippen LogP contribution is -2.24. The molecule has 0 bridgehead atoms. The zero-order valence-corrected chi connectivity index (χ0v) is 12.1. The highest BCUT2D eigenvalue weighted by Crippen LogP contribution is 2.29. The van der Waals surface area contributed by atoms with Crippen LogP contribution in [-0.2, 0) is 6.42 Å². The van der Waals surface area contributed by atoms with Crippen molar-refractivity contribution < 1.29 is 4.42 Å². The standard InChI is InChI=1S/C16H23NO/c1-10(2)17-7-6-14-9-18-16-13(5)11(3)8-12(4)15(14)16/h8-10,17H,6-7H2,1-5H3. The van der Waals surface area contributed by atoms with Crippen molar-refractivity contribution in [3.8, 4) is 0 Å². The van der Waals surface area contributed by atoms with E-state index in [0.29, 0.717) is 6.04 Å². The Bertz CT molecular complexity index is 552. The summed E-state index contributed by atoms with van der Waals surface area (Å²) in [6.45, 7) is 11.8. The third-order valence-electron chi connectivity index (χ3n) is 3.57. The van der Waals surface area contributed by atoms with Crippen LogP contribution in [0.5, 0.6) is 0 Å². The molecule has 1 heterocycles. The molecule has 2 aromatic rings. The molecule has 1 N–H and O–H groups in total. The second-order valence-corrected chi connectivity index (χ2v) is 5.46. The largest absolute Gasteiger partial charge is 0.464 e. The number of aryl methyl sites for hydroxylation is 3. The highest BCUT2D eigenvalue weighted by atomic mass is 16.3. The second-order valence-electron chi connectivity index (χ2n) is 5.46. The molecule has 0 unspecified atom stereocenters. The van der Waals surface area contributed by atoms with Gasteiger partial charge in [0.05, 0.1) is 6.26 Å². The lowest BCUT2D eigenvalue weighted by atomic mass is 9.99. The molecule has 98 valence electrons. The van der Waals surface area contributed by atoms with Gasteiger partial charge >= 0.3 is 0 Å². The molecule has 0 aliphatic carbocycles. The normalized spacial score (nSPS) is 11.7. The van der Waals surface area contributed by atoms with Crippen LogP contribution in [0.4, 0.5) is 0 Å². The average Bonchev–Trinajstić information content (AvgIpc) is 2.70. The fraction of sp³-hybridized carbons (Fsp3) is 0.500. The first-order valence-electron chi connectivity index (χ1n) is 6.71. The highest BCUT2D eigenvalue weighted by molar-refractivity contribution is 5.88. The Balaban J connectivity index is 2.33. The Hall–Kier alpha value is -1.28. The Labute approximate surface area is 109 Å². The van der Waals surface area contributed by atoms with E-state index < -0.39 is 0 Å². The minimum Gasteiger partial charge on any atom is -0.464 e. The number of hydrogen-bond donors (Lipinski definition) is 1. The smallest absolute Gasteiger partial charge is 0.137 e. The fourth-order valence-electron chi connectivity index (χ4n) is 2.47. The number of furan rings is 1. The van der Waals surface area contributed by atoms with Crippen LogP contribution in [0.2, 0.25) is 0 Å². The summed E-state index contributed by atoms with van der Waals surface area (Å²) < 4.78 is 5.77. The van der Waals surface area contributed by atoms with Crippen LogP contribution < -0.4 is 5.32 Å². The van der Waals surface area contributed by atoms with Gasteiger partial charge in [-0.3, -0.25) is 0 Å². The van der Waals surface area contributed by atoms with Crippen LogP contribution >= 0.6 is 0 Å². The molecule has 0 amide bonds. The van der Waals surface area contributed by atoms with Crippen LogP contribution in [0.25, 0.3) is 11.0 Å². The molecular formula is C16H23NO. The number of rotatable bonds is 4. The van der Waals surface area contributed by atoms with Gasteiger partial charge in [-0.15, -0.1) is 0 Å². The van der Waals surface area contributed by atoms with E-state index in [-0.39, 0.29) is 0 Å². The second kappa shape index (κ2) is 5.15. The van der Waals surface area contributed by atoms with E-state index in [1.807, 2.05) is 6.26 Å². The monoisotopic (exact) mass is 245 g/mol. The summed E-state index contributed by atoms with van der Waals surface area (Å²) in [6.07, 6.45) is 2.95. The van der Waals surface area contributed by atoms with E-state index in [1.165, 1.54) is 27.6 Å². The van der Waals surface area contributed by atoms with Crippen LogP contribution in [0, 0.1) is 20.8 Å². The Morgan fingerprint density at radius 1 is 1.17 bits per heavy atom. The van der Waals surface area contributed by atoms with Crippen LogP contribution in [0.15, 0.2) is 16.7 Å². The van der Waals surface area contributed by atoms with Crippen molar-refractivity contribution in [2.45, 2.75) is 47.1 Å². The topological polar surface area (TPSA) is 25.2 Å². The lowest BCUT2D eigenvalue weighted by molar-refractivity contribution is 0.580. The van der Waals surface area contributed by atoms with E-state index in [1.54, 1.807) is 0 Å². The molecule has 0 saturated carbocycles. The Morgan fingerprint density at radius 2 is 1.89 bits per heavy atom. The third-order valence-corrected chi connectivity index (χ3v) is 3.57. The van der Waals surface area contributed by atoms with Gasteiger partial charge in [-0.05, 0) is 56.0 Å². The average molecular weight is 245 g/mol. The minimum absolute atomic E-state index is 0.535. The molecule has 0 fully saturated rings. The molecule has 1 aromatic heterocycles. The first-order chi connectivity index (χ1) is 8.50. The molecule has 0 aliphatic heterocycles. The maximum Gasteiger partial charge on any atom is 0.137 e. The van der Waals surface area contributed by atoms with Crippen LogP contribution in [-0.4, -0.2) is 12.6 Å². The van der Waals surface area contributed by atoms with Crippen molar-refractivity contribution in [2.24, 2.45) is 0 Å². The summed E-state index contributed by atoms with van der Waals surface area (Å²) in [4.78, 5) is 0. The zero-order chi connectivity index (χ0) is 13.3. The van der Waals surface area contributed by atoms with E-state index in [4.69, 9.17) is 4.42 Å². The SMILES string of the molecule is Cc1cc(C)c2c(CCNC(C)C)coc2c1C. The van der Waals surface area contributed by atoms with Gasteiger partial charge < -0.3 is 9.73 Å². The molecule has 0 atom stereocenters. The summed E-state index contributed by atoms with van der Waals surface area (Å²) in [5.41, 5.74) is 6.27. The molecule has 2 rings (SSSR count). The van der Waals surface area contributed by atoms with Gasteiger partial charge in [-0.2, -0.15) is 0 Å². The van der Waals surface area contributed by atoms with Gasteiger partial charge in [-0.1, -0.05) is 19.9 Å². The molecule has 2 heteroatoms. The first-order valence-corrected chi connectivity index (χ1v) is 6.71. The lowest BCUT2D eigenvalue weighted by Gasteiger charge is -2.08. The summed E-state index contributed by atoms with van der Waals surface area (Å²) in [5, 5.41) is 4.76. The van der Waals surface area contributed by atoms with Crippen molar-refractivity contribution in [3.63, 3.8) is 0 Å². The summed E-state index contributed by atoms with van der Waals surface area (Å²) >= 11 is 0. The maximum absolute atomic E-state index is 5.77. The predicted molar refractivity (Wildman–Crippen MR) is 77.3 cm³/mol. The summed E-state index contributed by atoms with van der Waals surface area (Å²) in [5.74, 6) is 0. The van der Waals surface area contributed by atoms with Gasteiger partial charge in [0, 0.05) is 11.4 Å². The van der Waals surface area contributed by atoms with Gasteiger partial charge in [0.2, 0.25) is 0 Å². The van der Waals surface area contributed by atoms with Crippen LogP contribution in [0.1, 0.15) is 36.1 Å². The van der Waals surface area contributed by atoms with Gasteiger partial charge in [0.25, 0.3) is 0 Å². The summed E-state index contributed by atoms with van der Waals surface area (Å²) in [6, 6.07) is 2.79. The van der Waals surface area contributed by atoms with Gasteiger partial charge in [0.1, 0.15) is 5.58 Å². The first kappa shape index (κ1) is 13.2. The fourth-order valence-corrected chi connectivity index (χ4v) is 2.47. The molecule has 1 aromatic carbocycles. The number of hydrogen-bond acceptors (Lipinski definition) is 2.